The normalized spacial score (nSPS) is 14.9. The minimum Gasteiger partial charge on any atom is -0.481 e. The molecule has 1 aromatic heterocycles. The first-order chi connectivity index (χ1) is 9.58. The van der Waals surface area contributed by atoms with Gasteiger partial charge in [0, 0.05) is 12.5 Å². The number of carbonyl (C=O) groups is 1. The highest BCUT2D eigenvalue weighted by atomic mass is 32.2. The van der Waals surface area contributed by atoms with Crippen molar-refractivity contribution in [3.05, 3.63) is 5.82 Å². The average molecular weight is 298 g/mol. The number of carboxylic acid groups (broad SMARTS) is 1. The van der Waals surface area contributed by atoms with Crippen LogP contribution in [0, 0.1) is 0 Å². The summed E-state index contributed by atoms with van der Waals surface area (Å²) in [7, 11) is 4.14. The molecule has 1 N–H and O–H groups in total. The predicted octanol–water partition coefficient (Wildman–Crippen LogP) is 1.67. The zero-order chi connectivity index (χ0) is 14.5. The first kappa shape index (κ1) is 15.3. The van der Waals surface area contributed by atoms with E-state index in [-0.39, 0.29) is 5.75 Å². The van der Waals surface area contributed by atoms with Crippen molar-refractivity contribution in [2.45, 2.75) is 43.3 Å². The molecule has 1 aromatic rings. The molecule has 0 aliphatic heterocycles. The molecule has 20 heavy (non-hydrogen) atoms. The highest BCUT2D eigenvalue weighted by molar-refractivity contribution is 7.99. The summed E-state index contributed by atoms with van der Waals surface area (Å²) in [6.07, 6.45) is 4.55. The summed E-state index contributed by atoms with van der Waals surface area (Å²) in [6, 6.07) is 0. The standard InChI is InChI=1S/C13H22N4O2S/c1-16(2)7-3-4-8-17-12(10-5-6-10)14-15-13(17)20-9-11(18)19/h10H,3-9H2,1-2H3,(H,18,19). The fraction of sp³-hybridized carbons (Fsp3) is 0.769. The van der Waals surface area contributed by atoms with Crippen molar-refractivity contribution >= 4 is 17.7 Å². The van der Waals surface area contributed by atoms with E-state index in [2.05, 4.69) is 33.8 Å². The van der Waals surface area contributed by atoms with Crippen LogP contribution in [0.25, 0.3) is 0 Å². The van der Waals surface area contributed by atoms with Gasteiger partial charge in [0.2, 0.25) is 0 Å². The molecule has 0 atom stereocenters. The van der Waals surface area contributed by atoms with Crippen LogP contribution in [-0.2, 0) is 11.3 Å². The smallest absolute Gasteiger partial charge is 0.313 e. The maximum Gasteiger partial charge on any atom is 0.313 e. The van der Waals surface area contributed by atoms with Crippen LogP contribution in [0.1, 0.15) is 37.4 Å². The first-order valence-corrected chi connectivity index (χ1v) is 7.99. The van der Waals surface area contributed by atoms with Crippen LogP contribution in [-0.4, -0.2) is 57.1 Å². The lowest BCUT2D eigenvalue weighted by Gasteiger charge is -2.11. The van der Waals surface area contributed by atoms with E-state index in [0.29, 0.717) is 5.92 Å². The number of rotatable bonds is 9. The number of carboxylic acids is 1. The molecule has 2 rings (SSSR count). The van der Waals surface area contributed by atoms with Crippen LogP contribution < -0.4 is 0 Å². The molecule has 0 aromatic carbocycles. The number of aromatic nitrogens is 3. The maximum atomic E-state index is 10.7. The molecule has 1 aliphatic carbocycles. The third kappa shape index (κ3) is 4.49. The third-order valence-corrected chi connectivity index (χ3v) is 4.20. The van der Waals surface area contributed by atoms with Gasteiger partial charge in [-0.25, -0.2) is 0 Å². The fourth-order valence-electron chi connectivity index (χ4n) is 2.08. The number of nitrogens with zero attached hydrogens (tertiary/aromatic N) is 4. The minimum atomic E-state index is -0.815. The summed E-state index contributed by atoms with van der Waals surface area (Å²) in [5.41, 5.74) is 0. The molecule has 112 valence electrons. The number of unbranched alkanes of at least 4 members (excludes halogenated alkanes) is 1. The molecule has 1 aliphatic rings. The zero-order valence-electron chi connectivity index (χ0n) is 12.1. The second-order valence-corrected chi connectivity index (χ2v) is 6.40. The summed E-state index contributed by atoms with van der Waals surface area (Å²) in [5.74, 6) is 0.809. The van der Waals surface area contributed by atoms with Crippen molar-refractivity contribution in [2.24, 2.45) is 0 Å². The lowest BCUT2D eigenvalue weighted by molar-refractivity contribution is -0.133. The van der Waals surface area contributed by atoms with Crippen LogP contribution in [0.5, 0.6) is 0 Å². The van der Waals surface area contributed by atoms with Gasteiger partial charge in [-0.15, -0.1) is 10.2 Å². The van der Waals surface area contributed by atoms with Crippen LogP contribution in [0.4, 0.5) is 0 Å². The second-order valence-electron chi connectivity index (χ2n) is 5.46. The fourth-order valence-corrected chi connectivity index (χ4v) is 2.78. The molecule has 0 amide bonds. The Labute approximate surface area is 123 Å². The molecule has 0 bridgehead atoms. The Hall–Kier alpha value is -1.08. The average Bonchev–Trinajstić information content (AvgIpc) is 3.14. The molecule has 1 heterocycles. The van der Waals surface area contributed by atoms with Crippen LogP contribution >= 0.6 is 11.8 Å². The van der Waals surface area contributed by atoms with E-state index in [0.717, 1.165) is 36.9 Å². The molecular formula is C13H22N4O2S. The summed E-state index contributed by atoms with van der Waals surface area (Å²) in [4.78, 5) is 12.9. The van der Waals surface area contributed by atoms with Crippen molar-refractivity contribution in [1.82, 2.24) is 19.7 Å². The van der Waals surface area contributed by atoms with E-state index in [1.807, 2.05) is 0 Å². The van der Waals surface area contributed by atoms with Gasteiger partial charge >= 0.3 is 5.97 Å². The summed E-state index contributed by atoms with van der Waals surface area (Å²) < 4.78 is 2.13. The topological polar surface area (TPSA) is 71.2 Å². The molecule has 0 radical (unpaired) electrons. The van der Waals surface area contributed by atoms with E-state index in [4.69, 9.17) is 5.11 Å². The molecule has 0 unspecified atom stereocenters. The van der Waals surface area contributed by atoms with E-state index in [9.17, 15) is 4.79 Å². The van der Waals surface area contributed by atoms with Gasteiger partial charge in [-0.3, -0.25) is 4.79 Å². The van der Waals surface area contributed by atoms with E-state index < -0.39 is 5.97 Å². The van der Waals surface area contributed by atoms with E-state index in [1.165, 1.54) is 24.6 Å². The van der Waals surface area contributed by atoms with E-state index in [1.54, 1.807) is 0 Å². The number of thioether (sulfide) groups is 1. The quantitative estimate of drug-likeness (QED) is 0.552. The monoisotopic (exact) mass is 298 g/mol. The largest absolute Gasteiger partial charge is 0.481 e. The lowest BCUT2D eigenvalue weighted by atomic mass is 10.3. The summed E-state index contributed by atoms with van der Waals surface area (Å²) in [5, 5.41) is 18.0. The van der Waals surface area contributed by atoms with Crippen molar-refractivity contribution in [3.63, 3.8) is 0 Å². The van der Waals surface area contributed by atoms with Crippen LogP contribution in [0.3, 0.4) is 0 Å². The van der Waals surface area contributed by atoms with Crippen molar-refractivity contribution in [1.29, 1.82) is 0 Å². The first-order valence-electron chi connectivity index (χ1n) is 7.00. The van der Waals surface area contributed by atoms with E-state index >= 15 is 0 Å². The Kier molecular flexibility index (Phi) is 5.42. The van der Waals surface area contributed by atoms with Crippen LogP contribution in [0.2, 0.25) is 0 Å². The number of hydrogen-bond donors (Lipinski definition) is 1. The summed E-state index contributed by atoms with van der Waals surface area (Å²) >= 11 is 1.26. The van der Waals surface area contributed by atoms with Gasteiger partial charge in [-0.2, -0.15) is 0 Å². The van der Waals surface area contributed by atoms with Gasteiger partial charge in [-0.1, -0.05) is 11.8 Å². The molecular weight excluding hydrogens is 276 g/mol. The zero-order valence-corrected chi connectivity index (χ0v) is 12.9. The van der Waals surface area contributed by atoms with Crippen molar-refractivity contribution in [3.8, 4) is 0 Å². The maximum absolute atomic E-state index is 10.7. The Morgan fingerprint density at radius 1 is 1.40 bits per heavy atom. The van der Waals surface area contributed by atoms with Crippen LogP contribution in [0.15, 0.2) is 5.16 Å². The van der Waals surface area contributed by atoms with Gasteiger partial charge in [0.15, 0.2) is 5.16 Å². The Morgan fingerprint density at radius 2 is 2.15 bits per heavy atom. The Morgan fingerprint density at radius 3 is 2.75 bits per heavy atom. The molecule has 0 spiro atoms. The number of hydrogen-bond acceptors (Lipinski definition) is 5. The van der Waals surface area contributed by atoms with Gasteiger partial charge in [0.25, 0.3) is 0 Å². The summed E-state index contributed by atoms with van der Waals surface area (Å²) in [6.45, 7) is 1.95. The van der Waals surface area contributed by atoms with Gasteiger partial charge in [0.1, 0.15) is 5.82 Å². The molecule has 1 saturated carbocycles. The molecule has 0 saturated heterocycles. The highest BCUT2D eigenvalue weighted by Gasteiger charge is 2.30. The number of aliphatic carboxylic acids is 1. The lowest BCUT2D eigenvalue weighted by Crippen LogP contribution is -2.14. The molecule has 6 nitrogen and oxygen atoms in total. The third-order valence-electron chi connectivity index (χ3n) is 3.25. The predicted molar refractivity (Wildman–Crippen MR) is 78.1 cm³/mol. The van der Waals surface area contributed by atoms with Gasteiger partial charge in [-0.05, 0) is 46.3 Å². The van der Waals surface area contributed by atoms with Crippen molar-refractivity contribution in [2.75, 3.05) is 26.4 Å². The Balaban J connectivity index is 1.95. The SMILES string of the molecule is CN(C)CCCCn1c(SCC(=O)O)nnc1C1CC1. The van der Waals surface area contributed by atoms with Gasteiger partial charge in [0.05, 0.1) is 5.75 Å². The van der Waals surface area contributed by atoms with Gasteiger partial charge < -0.3 is 14.6 Å². The van der Waals surface area contributed by atoms with Crippen molar-refractivity contribution < 1.29 is 9.90 Å². The molecule has 7 heteroatoms. The molecule has 1 fully saturated rings. The Bertz CT molecular complexity index is 457. The highest BCUT2D eigenvalue weighted by Crippen LogP contribution is 2.40. The second kappa shape index (κ2) is 7.08. The minimum absolute atomic E-state index is 0.0422.